The van der Waals surface area contributed by atoms with Crippen molar-refractivity contribution in [1.82, 2.24) is 19.2 Å². The van der Waals surface area contributed by atoms with Crippen LogP contribution in [-0.4, -0.2) is 53.8 Å². The molecule has 3 rings (SSSR count). The summed E-state index contributed by atoms with van der Waals surface area (Å²) in [6.07, 6.45) is 0. The number of carbonyl (C=O) groups excluding carboxylic acids is 1. The summed E-state index contributed by atoms with van der Waals surface area (Å²) in [7, 11) is -2.26. The second-order valence-corrected chi connectivity index (χ2v) is 9.65. The highest BCUT2D eigenvalue weighted by atomic mass is 32.2. The van der Waals surface area contributed by atoms with E-state index in [9.17, 15) is 13.2 Å². The number of rotatable bonds is 9. The van der Waals surface area contributed by atoms with Gasteiger partial charge in [-0.2, -0.15) is 4.31 Å². The Morgan fingerprint density at radius 2 is 1.81 bits per heavy atom. The van der Waals surface area contributed by atoms with E-state index in [0.29, 0.717) is 41.0 Å². The Bertz CT molecular complexity index is 1190. The molecule has 0 bridgehead atoms. The third-order valence-electron chi connectivity index (χ3n) is 4.84. The molecule has 0 fully saturated rings. The molecule has 2 N–H and O–H groups in total. The molecule has 0 aliphatic carbocycles. The summed E-state index contributed by atoms with van der Waals surface area (Å²) >= 11 is 1.38. The number of nitrogen functional groups attached to an aromatic ring is 1. The van der Waals surface area contributed by atoms with Crippen LogP contribution < -0.4 is 5.84 Å². The number of carbonyl (C=O) groups is 1. The van der Waals surface area contributed by atoms with Gasteiger partial charge in [0, 0.05) is 24.4 Å². The van der Waals surface area contributed by atoms with Crippen molar-refractivity contribution in [3.63, 3.8) is 0 Å². The Labute approximate surface area is 191 Å². The van der Waals surface area contributed by atoms with Gasteiger partial charge in [0.1, 0.15) is 0 Å². The first-order valence-electron chi connectivity index (χ1n) is 9.92. The van der Waals surface area contributed by atoms with Crippen LogP contribution in [0.4, 0.5) is 0 Å². The number of thioether (sulfide) groups is 1. The molecule has 0 saturated carbocycles. The number of sulfonamides is 1. The predicted octanol–water partition coefficient (Wildman–Crippen LogP) is 2.77. The fourth-order valence-corrected chi connectivity index (χ4v) is 5.40. The Kier molecular flexibility index (Phi) is 7.54. The molecule has 0 aliphatic rings. The summed E-state index contributed by atoms with van der Waals surface area (Å²) < 4.78 is 33.1. The average Bonchev–Trinajstić information content (AvgIpc) is 3.18. The SMILES string of the molecule is CCN(CC)S(=O)(=O)c1cccc(-c2nnc(SCc3ccc(C(=O)OC)cc3)n2N)c1. The molecule has 0 aliphatic heterocycles. The van der Waals surface area contributed by atoms with E-state index in [1.165, 1.54) is 27.9 Å². The largest absolute Gasteiger partial charge is 0.465 e. The second-order valence-electron chi connectivity index (χ2n) is 6.77. The second kappa shape index (κ2) is 10.2. The molecule has 0 spiro atoms. The normalized spacial score (nSPS) is 11.6. The smallest absolute Gasteiger partial charge is 0.337 e. The third-order valence-corrected chi connectivity index (χ3v) is 7.90. The monoisotopic (exact) mass is 475 g/mol. The first kappa shape index (κ1) is 23.8. The van der Waals surface area contributed by atoms with Crippen LogP contribution >= 0.6 is 11.8 Å². The van der Waals surface area contributed by atoms with Gasteiger partial charge in [-0.3, -0.25) is 0 Å². The van der Waals surface area contributed by atoms with Crippen molar-refractivity contribution in [2.75, 3.05) is 26.0 Å². The number of nitrogens with zero attached hydrogens (tertiary/aromatic N) is 4. The van der Waals surface area contributed by atoms with Crippen LogP contribution in [0.1, 0.15) is 29.8 Å². The number of nitrogens with two attached hydrogens (primary N) is 1. The number of ether oxygens (including phenoxy) is 1. The molecule has 0 atom stereocenters. The van der Waals surface area contributed by atoms with Crippen LogP contribution in [0.2, 0.25) is 0 Å². The number of methoxy groups -OCH3 is 1. The van der Waals surface area contributed by atoms with Crippen LogP contribution in [0.15, 0.2) is 58.6 Å². The van der Waals surface area contributed by atoms with Crippen molar-refractivity contribution >= 4 is 27.8 Å². The topological polar surface area (TPSA) is 120 Å². The van der Waals surface area contributed by atoms with E-state index in [2.05, 4.69) is 10.2 Å². The van der Waals surface area contributed by atoms with E-state index in [4.69, 9.17) is 10.6 Å². The fraction of sp³-hybridized carbons (Fsp3) is 0.286. The molecule has 0 saturated heterocycles. The van der Waals surface area contributed by atoms with E-state index in [0.717, 1.165) is 5.56 Å². The maximum absolute atomic E-state index is 12.8. The summed E-state index contributed by atoms with van der Waals surface area (Å²) in [5.74, 6) is 6.74. The van der Waals surface area contributed by atoms with Gasteiger partial charge in [-0.25, -0.2) is 17.9 Å². The van der Waals surface area contributed by atoms with Gasteiger partial charge in [0.15, 0.2) is 5.82 Å². The molecule has 0 radical (unpaired) electrons. The molecule has 9 nitrogen and oxygen atoms in total. The minimum Gasteiger partial charge on any atom is -0.465 e. The number of benzene rings is 2. The van der Waals surface area contributed by atoms with Gasteiger partial charge in [-0.1, -0.05) is 49.9 Å². The van der Waals surface area contributed by atoms with E-state index < -0.39 is 10.0 Å². The Morgan fingerprint density at radius 3 is 2.44 bits per heavy atom. The molecular formula is C21H25N5O4S2. The van der Waals surface area contributed by atoms with Gasteiger partial charge < -0.3 is 10.6 Å². The van der Waals surface area contributed by atoms with Gasteiger partial charge >= 0.3 is 5.97 Å². The fourth-order valence-electron chi connectivity index (χ4n) is 3.08. The molecule has 3 aromatic rings. The van der Waals surface area contributed by atoms with Crippen molar-refractivity contribution in [2.45, 2.75) is 29.7 Å². The van der Waals surface area contributed by atoms with E-state index >= 15 is 0 Å². The molecule has 1 aromatic heterocycles. The maximum Gasteiger partial charge on any atom is 0.337 e. The number of hydrogen-bond donors (Lipinski definition) is 1. The highest BCUT2D eigenvalue weighted by molar-refractivity contribution is 7.98. The lowest BCUT2D eigenvalue weighted by atomic mass is 10.1. The van der Waals surface area contributed by atoms with Crippen molar-refractivity contribution in [1.29, 1.82) is 0 Å². The third kappa shape index (κ3) is 4.95. The molecule has 0 unspecified atom stereocenters. The van der Waals surface area contributed by atoms with Crippen LogP contribution in [0, 0.1) is 0 Å². The Balaban J connectivity index is 1.78. The average molecular weight is 476 g/mol. The lowest BCUT2D eigenvalue weighted by molar-refractivity contribution is 0.0600. The molecular weight excluding hydrogens is 450 g/mol. The highest BCUT2D eigenvalue weighted by Crippen LogP contribution is 2.26. The van der Waals surface area contributed by atoms with Gasteiger partial charge in [-0.05, 0) is 29.8 Å². The summed E-state index contributed by atoms with van der Waals surface area (Å²) in [6, 6.07) is 13.6. The van der Waals surface area contributed by atoms with E-state index in [-0.39, 0.29) is 10.9 Å². The molecule has 11 heteroatoms. The number of esters is 1. The van der Waals surface area contributed by atoms with Crippen molar-refractivity contribution in [3.8, 4) is 11.4 Å². The first-order valence-corrected chi connectivity index (χ1v) is 12.4. The van der Waals surface area contributed by atoms with Crippen LogP contribution in [-0.2, 0) is 20.5 Å². The highest BCUT2D eigenvalue weighted by Gasteiger charge is 2.23. The van der Waals surface area contributed by atoms with Crippen molar-refractivity contribution < 1.29 is 17.9 Å². The summed E-state index contributed by atoms with van der Waals surface area (Å²) in [5.41, 5.74) is 2.01. The molecule has 2 aromatic carbocycles. The maximum atomic E-state index is 12.8. The lowest BCUT2D eigenvalue weighted by Crippen LogP contribution is -2.30. The van der Waals surface area contributed by atoms with Crippen LogP contribution in [0.5, 0.6) is 0 Å². The molecule has 170 valence electrons. The Morgan fingerprint density at radius 1 is 1.12 bits per heavy atom. The van der Waals surface area contributed by atoms with E-state index in [1.807, 2.05) is 12.1 Å². The minimum absolute atomic E-state index is 0.182. The van der Waals surface area contributed by atoms with Gasteiger partial charge in [0.2, 0.25) is 15.2 Å². The quantitative estimate of drug-likeness (QED) is 0.285. The van der Waals surface area contributed by atoms with Crippen LogP contribution in [0.3, 0.4) is 0 Å². The zero-order chi connectivity index (χ0) is 23.3. The summed E-state index contributed by atoms with van der Waals surface area (Å²) in [6.45, 7) is 4.37. The molecule has 0 amide bonds. The summed E-state index contributed by atoms with van der Waals surface area (Å²) in [4.78, 5) is 11.7. The predicted molar refractivity (Wildman–Crippen MR) is 123 cm³/mol. The number of aromatic nitrogens is 3. The van der Waals surface area contributed by atoms with Gasteiger partial charge in [0.05, 0.1) is 17.6 Å². The minimum atomic E-state index is -3.60. The van der Waals surface area contributed by atoms with E-state index in [1.54, 1.807) is 50.2 Å². The van der Waals surface area contributed by atoms with Crippen molar-refractivity contribution in [2.24, 2.45) is 0 Å². The standard InChI is InChI=1S/C21H25N5O4S2/c1-4-25(5-2)32(28,29)18-8-6-7-17(13-18)19-23-24-21(26(19)22)31-14-15-9-11-16(12-10-15)20(27)30-3/h6-13H,4-5,14,22H2,1-3H3. The molecule has 32 heavy (non-hydrogen) atoms. The lowest BCUT2D eigenvalue weighted by Gasteiger charge is -2.18. The van der Waals surface area contributed by atoms with Gasteiger partial charge in [0.25, 0.3) is 0 Å². The van der Waals surface area contributed by atoms with Gasteiger partial charge in [-0.15, -0.1) is 10.2 Å². The zero-order valence-corrected chi connectivity index (χ0v) is 19.7. The zero-order valence-electron chi connectivity index (χ0n) is 18.1. The number of hydrogen-bond acceptors (Lipinski definition) is 8. The molecule has 1 heterocycles. The summed E-state index contributed by atoms with van der Waals surface area (Å²) in [5, 5.41) is 8.78. The first-order chi connectivity index (χ1) is 15.3. The Hall–Kier alpha value is -2.89. The van der Waals surface area contributed by atoms with Crippen LogP contribution in [0.25, 0.3) is 11.4 Å². The van der Waals surface area contributed by atoms with Crippen molar-refractivity contribution in [3.05, 3.63) is 59.7 Å².